The molecule has 4 heteroatoms. The summed E-state index contributed by atoms with van der Waals surface area (Å²) >= 11 is 5.88. The molecule has 0 N–H and O–H groups in total. The van der Waals surface area contributed by atoms with E-state index in [1.165, 1.54) is 12.1 Å². The van der Waals surface area contributed by atoms with Gasteiger partial charge < -0.3 is 4.42 Å². The molecule has 2 nitrogen and oxygen atoms in total. The van der Waals surface area contributed by atoms with E-state index in [9.17, 15) is 9.18 Å². The van der Waals surface area contributed by atoms with Crippen LogP contribution in [0.4, 0.5) is 4.39 Å². The Hall–Kier alpha value is -2.13. The second-order valence-electron chi connectivity index (χ2n) is 4.61. The number of carbonyl (C=O) groups is 1. The number of halogens is 2. The second kappa shape index (κ2) is 4.76. The van der Waals surface area contributed by atoms with Crippen molar-refractivity contribution in [2.45, 2.75) is 6.92 Å². The molecule has 0 bridgehead atoms. The van der Waals surface area contributed by atoms with Crippen LogP contribution in [-0.4, -0.2) is 5.78 Å². The third-order valence-corrected chi connectivity index (χ3v) is 3.31. The molecule has 3 rings (SSSR count). The number of rotatable bonds is 2. The van der Waals surface area contributed by atoms with Gasteiger partial charge in [-0.15, -0.1) is 0 Å². The maximum atomic E-state index is 13.8. The molecular weight excluding hydrogens is 279 g/mol. The summed E-state index contributed by atoms with van der Waals surface area (Å²) in [6.45, 7) is 1.76. The molecule has 20 heavy (non-hydrogen) atoms. The highest BCUT2D eigenvalue weighted by atomic mass is 35.5. The topological polar surface area (TPSA) is 30.2 Å². The average Bonchev–Trinajstić information content (AvgIpc) is 2.81. The van der Waals surface area contributed by atoms with Gasteiger partial charge in [-0.1, -0.05) is 17.7 Å². The fourth-order valence-electron chi connectivity index (χ4n) is 2.06. The molecule has 0 radical (unpaired) electrons. The quantitative estimate of drug-likeness (QED) is 0.636. The number of aryl methyl sites for hydroxylation is 1. The smallest absolute Gasteiger partial charge is 0.231 e. The number of furan rings is 1. The number of carbonyl (C=O) groups excluding carboxylic acids is 1. The van der Waals surface area contributed by atoms with Gasteiger partial charge in [-0.05, 0) is 48.9 Å². The lowest BCUT2D eigenvalue weighted by atomic mass is 10.1. The molecule has 0 aliphatic rings. The Morgan fingerprint density at radius 2 is 1.95 bits per heavy atom. The lowest BCUT2D eigenvalue weighted by Crippen LogP contribution is -2.03. The molecule has 0 amide bonds. The van der Waals surface area contributed by atoms with E-state index >= 15 is 0 Å². The standard InChI is InChI=1S/C16H10ClFO2/c1-9-2-4-12(13(18)6-9)16(19)15-8-10-7-11(17)3-5-14(10)20-15/h2-8H,1H3. The Bertz CT molecular complexity index is 820. The maximum absolute atomic E-state index is 13.8. The van der Waals surface area contributed by atoms with Crippen molar-refractivity contribution in [3.05, 3.63) is 70.2 Å². The van der Waals surface area contributed by atoms with E-state index < -0.39 is 11.6 Å². The van der Waals surface area contributed by atoms with E-state index in [4.69, 9.17) is 16.0 Å². The van der Waals surface area contributed by atoms with Crippen molar-refractivity contribution in [1.29, 1.82) is 0 Å². The summed E-state index contributed by atoms with van der Waals surface area (Å²) < 4.78 is 19.3. The summed E-state index contributed by atoms with van der Waals surface area (Å²) in [5.74, 6) is -0.923. The van der Waals surface area contributed by atoms with E-state index in [1.54, 1.807) is 37.3 Å². The zero-order valence-corrected chi connectivity index (χ0v) is 11.4. The molecule has 0 atom stereocenters. The SMILES string of the molecule is Cc1ccc(C(=O)c2cc3cc(Cl)ccc3o2)c(F)c1. The van der Waals surface area contributed by atoms with Gasteiger partial charge in [-0.2, -0.15) is 0 Å². The first-order chi connectivity index (χ1) is 9.54. The zero-order chi connectivity index (χ0) is 14.3. The van der Waals surface area contributed by atoms with Gasteiger partial charge in [0, 0.05) is 10.4 Å². The van der Waals surface area contributed by atoms with Gasteiger partial charge in [0.1, 0.15) is 11.4 Å². The van der Waals surface area contributed by atoms with E-state index in [0.717, 1.165) is 5.56 Å². The van der Waals surface area contributed by atoms with Gasteiger partial charge in [-0.3, -0.25) is 4.79 Å². The van der Waals surface area contributed by atoms with Crippen LogP contribution in [0.2, 0.25) is 5.02 Å². The minimum Gasteiger partial charge on any atom is -0.453 e. The van der Waals surface area contributed by atoms with Crippen molar-refractivity contribution in [1.82, 2.24) is 0 Å². The number of ketones is 1. The predicted octanol–water partition coefficient (Wildman–Crippen LogP) is 4.76. The van der Waals surface area contributed by atoms with Gasteiger partial charge in [0.25, 0.3) is 0 Å². The normalized spacial score (nSPS) is 10.9. The van der Waals surface area contributed by atoms with Crippen LogP contribution in [0.15, 0.2) is 46.9 Å². The van der Waals surface area contributed by atoms with Crippen LogP contribution in [0, 0.1) is 12.7 Å². The summed E-state index contributed by atoms with van der Waals surface area (Å²) in [4.78, 5) is 12.3. The highest BCUT2D eigenvalue weighted by Crippen LogP contribution is 2.25. The Labute approximate surface area is 119 Å². The fourth-order valence-corrected chi connectivity index (χ4v) is 2.24. The predicted molar refractivity (Wildman–Crippen MR) is 75.8 cm³/mol. The monoisotopic (exact) mass is 288 g/mol. The van der Waals surface area contributed by atoms with Crippen molar-refractivity contribution in [2.75, 3.05) is 0 Å². The first kappa shape index (κ1) is 12.9. The van der Waals surface area contributed by atoms with E-state index in [2.05, 4.69) is 0 Å². The first-order valence-corrected chi connectivity index (χ1v) is 6.42. The van der Waals surface area contributed by atoms with Crippen LogP contribution in [0.3, 0.4) is 0 Å². The van der Waals surface area contributed by atoms with Crippen molar-refractivity contribution < 1.29 is 13.6 Å². The van der Waals surface area contributed by atoms with Gasteiger partial charge in [0.05, 0.1) is 5.56 Å². The third-order valence-electron chi connectivity index (χ3n) is 3.07. The minimum absolute atomic E-state index is 0.000697. The molecule has 0 aliphatic carbocycles. The lowest BCUT2D eigenvalue weighted by molar-refractivity contribution is 0.101. The van der Waals surface area contributed by atoms with Crippen LogP contribution in [-0.2, 0) is 0 Å². The van der Waals surface area contributed by atoms with Crippen molar-refractivity contribution in [3.63, 3.8) is 0 Å². The summed E-state index contributed by atoms with van der Waals surface area (Å²) in [6, 6.07) is 11.1. The molecule has 0 spiro atoms. The molecule has 1 heterocycles. The van der Waals surface area contributed by atoms with Gasteiger partial charge >= 0.3 is 0 Å². The molecule has 0 fully saturated rings. The van der Waals surface area contributed by atoms with Crippen LogP contribution in [0.25, 0.3) is 11.0 Å². The lowest BCUT2D eigenvalue weighted by Gasteiger charge is -2.00. The molecule has 100 valence electrons. The average molecular weight is 289 g/mol. The number of hydrogen-bond acceptors (Lipinski definition) is 2. The minimum atomic E-state index is -0.548. The largest absolute Gasteiger partial charge is 0.453 e. The molecule has 0 unspecified atom stereocenters. The van der Waals surface area contributed by atoms with E-state index in [1.807, 2.05) is 0 Å². The molecular formula is C16H10ClFO2. The third kappa shape index (κ3) is 2.21. The molecule has 3 aromatic rings. The summed E-state index contributed by atoms with van der Waals surface area (Å²) in [5, 5.41) is 1.27. The van der Waals surface area contributed by atoms with E-state index in [0.29, 0.717) is 16.0 Å². The Kier molecular flexibility index (Phi) is 3.07. The summed E-state index contributed by atoms with van der Waals surface area (Å²) in [5.41, 5.74) is 1.31. The van der Waals surface area contributed by atoms with Gasteiger partial charge in [-0.25, -0.2) is 4.39 Å². The van der Waals surface area contributed by atoms with Crippen molar-refractivity contribution in [3.8, 4) is 0 Å². The molecule has 0 aliphatic heterocycles. The maximum Gasteiger partial charge on any atom is 0.231 e. The fraction of sp³-hybridized carbons (Fsp3) is 0.0625. The van der Waals surface area contributed by atoms with Gasteiger partial charge in [0.2, 0.25) is 5.78 Å². The van der Waals surface area contributed by atoms with Crippen LogP contribution >= 0.6 is 11.6 Å². The molecule has 0 saturated carbocycles. The van der Waals surface area contributed by atoms with Crippen LogP contribution in [0.1, 0.15) is 21.7 Å². The summed E-state index contributed by atoms with van der Waals surface area (Å²) in [6.07, 6.45) is 0. The molecule has 0 saturated heterocycles. The molecule has 2 aromatic carbocycles. The Morgan fingerprint density at radius 1 is 1.15 bits per heavy atom. The van der Waals surface area contributed by atoms with Crippen LogP contribution < -0.4 is 0 Å². The molecule has 1 aromatic heterocycles. The number of fused-ring (bicyclic) bond motifs is 1. The van der Waals surface area contributed by atoms with E-state index in [-0.39, 0.29) is 11.3 Å². The summed E-state index contributed by atoms with van der Waals surface area (Å²) in [7, 11) is 0. The zero-order valence-electron chi connectivity index (χ0n) is 10.6. The number of benzene rings is 2. The number of hydrogen-bond donors (Lipinski definition) is 0. The van der Waals surface area contributed by atoms with Crippen molar-refractivity contribution in [2.24, 2.45) is 0 Å². The van der Waals surface area contributed by atoms with Crippen molar-refractivity contribution >= 4 is 28.4 Å². The second-order valence-corrected chi connectivity index (χ2v) is 5.04. The highest BCUT2D eigenvalue weighted by molar-refractivity contribution is 6.31. The Morgan fingerprint density at radius 3 is 2.70 bits per heavy atom. The Balaban J connectivity index is 2.08. The van der Waals surface area contributed by atoms with Gasteiger partial charge in [0.15, 0.2) is 5.76 Å². The first-order valence-electron chi connectivity index (χ1n) is 6.04. The highest BCUT2D eigenvalue weighted by Gasteiger charge is 2.18. The van der Waals surface area contributed by atoms with Crippen LogP contribution in [0.5, 0.6) is 0 Å².